The third-order valence-corrected chi connectivity index (χ3v) is 7.28. The molecule has 3 aliphatic heterocycles. The molecular formula is C25H26N2O6. The van der Waals surface area contributed by atoms with Crippen molar-refractivity contribution in [3.63, 3.8) is 0 Å². The Morgan fingerprint density at radius 3 is 2.70 bits per heavy atom. The van der Waals surface area contributed by atoms with Crippen molar-refractivity contribution in [2.45, 2.75) is 30.6 Å². The Bertz CT molecular complexity index is 1150. The molecule has 3 aliphatic rings. The minimum absolute atomic E-state index is 0.0620. The van der Waals surface area contributed by atoms with Crippen molar-refractivity contribution in [2.24, 2.45) is 11.8 Å². The van der Waals surface area contributed by atoms with E-state index in [1.807, 2.05) is 42.5 Å². The van der Waals surface area contributed by atoms with Gasteiger partial charge in [0, 0.05) is 18.8 Å². The summed E-state index contributed by atoms with van der Waals surface area (Å²) in [5.41, 5.74) is -0.551. The van der Waals surface area contributed by atoms with Gasteiger partial charge in [-0.2, -0.15) is 0 Å². The molecular weight excluding hydrogens is 424 g/mol. The van der Waals surface area contributed by atoms with Gasteiger partial charge < -0.3 is 24.7 Å². The number of amides is 2. The quantitative estimate of drug-likeness (QED) is 0.623. The third-order valence-electron chi connectivity index (χ3n) is 7.28. The Hall–Kier alpha value is -3.23. The van der Waals surface area contributed by atoms with Crippen LogP contribution in [-0.4, -0.2) is 70.3 Å². The minimum Gasteiger partial charge on any atom is -0.481 e. The van der Waals surface area contributed by atoms with E-state index >= 15 is 0 Å². The first-order chi connectivity index (χ1) is 15.9. The monoisotopic (exact) mass is 450 g/mol. The van der Waals surface area contributed by atoms with E-state index in [4.69, 9.17) is 4.74 Å². The van der Waals surface area contributed by atoms with Gasteiger partial charge in [0.25, 0.3) is 5.91 Å². The van der Waals surface area contributed by atoms with Gasteiger partial charge in [-0.15, -0.1) is 6.58 Å². The molecule has 3 saturated heterocycles. The fraction of sp³-hybridized carbons (Fsp3) is 0.400. The van der Waals surface area contributed by atoms with Gasteiger partial charge in [0.15, 0.2) is 0 Å². The van der Waals surface area contributed by atoms with E-state index in [1.165, 1.54) is 4.90 Å². The molecule has 33 heavy (non-hydrogen) atoms. The molecule has 5 rings (SSSR count). The summed E-state index contributed by atoms with van der Waals surface area (Å²) >= 11 is 0. The molecule has 0 aliphatic carbocycles. The zero-order chi connectivity index (χ0) is 23.3. The van der Waals surface area contributed by atoms with Crippen LogP contribution in [0, 0.1) is 11.8 Å². The first kappa shape index (κ1) is 21.6. The van der Waals surface area contributed by atoms with Crippen molar-refractivity contribution >= 4 is 34.2 Å². The van der Waals surface area contributed by atoms with Crippen molar-refractivity contribution in [1.82, 2.24) is 4.90 Å². The van der Waals surface area contributed by atoms with Gasteiger partial charge in [-0.3, -0.25) is 14.4 Å². The fourth-order valence-electron chi connectivity index (χ4n) is 6.01. The molecule has 2 unspecified atom stereocenters. The molecule has 0 saturated carbocycles. The summed E-state index contributed by atoms with van der Waals surface area (Å²) in [5, 5.41) is 21.4. The van der Waals surface area contributed by atoms with Gasteiger partial charge in [0.05, 0.1) is 24.5 Å². The van der Waals surface area contributed by atoms with E-state index in [2.05, 4.69) is 6.58 Å². The topological polar surface area (TPSA) is 107 Å². The number of likely N-dealkylation sites (tertiary alicyclic amines) is 1. The highest BCUT2D eigenvalue weighted by molar-refractivity contribution is 6.05. The number of fused-ring (bicyclic) bond motifs is 2. The Balaban J connectivity index is 1.58. The predicted molar refractivity (Wildman–Crippen MR) is 121 cm³/mol. The maximum atomic E-state index is 14.1. The second-order valence-corrected chi connectivity index (χ2v) is 8.92. The van der Waals surface area contributed by atoms with E-state index in [0.717, 1.165) is 10.8 Å². The number of β-amino-alcohol motifs (C(OH)–C–C–N with tert-alkyl or cyclic N) is 1. The predicted octanol–water partition coefficient (Wildman–Crippen LogP) is 1.81. The highest BCUT2D eigenvalue weighted by Gasteiger charge is 2.74. The number of benzene rings is 2. The Kier molecular flexibility index (Phi) is 5.22. The molecule has 2 aromatic carbocycles. The van der Waals surface area contributed by atoms with Gasteiger partial charge in [-0.25, -0.2) is 0 Å². The number of carbonyl (C=O) groups is 3. The van der Waals surface area contributed by atoms with Gasteiger partial charge in [0.1, 0.15) is 11.6 Å². The molecule has 8 heteroatoms. The van der Waals surface area contributed by atoms with E-state index < -0.39 is 41.5 Å². The number of carbonyl (C=O) groups excluding carboxylic acids is 2. The van der Waals surface area contributed by atoms with Gasteiger partial charge in [-0.05, 0) is 35.7 Å². The zero-order valence-electron chi connectivity index (χ0n) is 18.1. The number of hydrogen-bond acceptors (Lipinski definition) is 5. The molecule has 0 radical (unpaired) electrons. The average Bonchev–Trinajstić information content (AvgIpc) is 3.45. The molecule has 1 spiro atoms. The molecule has 2 aromatic rings. The highest BCUT2D eigenvalue weighted by atomic mass is 16.5. The lowest BCUT2D eigenvalue weighted by atomic mass is 9.70. The lowest BCUT2D eigenvalue weighted by Crippen LogP contribution is -2.56. The number of carboxylic acid groups (broad SMARTS) is 1. The van der Waals surface area contributed by atoms with Gasteiger partial charge in [0.2, 0.25) is 5.91 Å². The number of rotatable bonds is 7. The standard InChI is InChI=1S/C25H26N2O6/c1-2-11-26(17-8-7-15-5-3-4-6-16(15)14-17)23(30)21-25-10-9-18(33-25)19(24(31)32)20(25)22(29)27(21)12-13-28/h2-8,14,18-21,28H,1,9-13H2,(H,31,32)/t18-,19+,20+,21?,25?/m1/s1. The van der Waals surface area contributed by atoms with Crippen LogP contribution in [0.25, 0.3) is 10.8 Å². The van der Waals surface area contributed by atoms with Crippen LogP contribution in [0.4, 0.5) is 5.69 Å². The number of hydrogen-bond donors (Lipinski definition) is 2. The van der Waals surface area contributed by atoms with Crippen molar-refractivity contribution in [2.75, 3.05) is 24.6 Å². The largest absolute Gasteiger partial charge is 0.481 e. The fourth-order valence-corrected chi connectivity index (χ4v) is 6.01. The number of nitrogens with zero attached hydrogens (tertiary/aromatic N) is 2. The molecule has 2 bridgehead atoms. The van der Waals surface area contributed by atoms with Crippen LogP contribution < -0.4 is 4.90 Å². The summed E-state index contributed by atoms with van der Waals surface area (Å²) in [7, 11) is 0. The van der Waals surface area contributed by atoms with E-state index in [9.17, 15) is 24.6 Å². The summed E-state index contributed by atoms with van der Waals surface area (Å²) in [6.45, 7) is 3.60. The number of aliphatic carboxylic acids is 1. The smallest absolute Gasteiger partial charge is 0.310 e. The van der Waals surface area contributed by atoms with Crippen molar-refractivity contribution in [3.05, 3.63) is 55.1 Å². The minimum atomic E-state index is -1.20. The van der Waals surface area contributed by atoms with Crippen LogP contribution in [0.2, 0.25) is 0 Å². The average molecular weight is 450 g/mol. The second-order valence-electron chi connectivity index (χ2n) is 8.92. The molecule has 8 nitrogen and oxygen atoms in total. The Labute approximate surface area is 191 Å². The Morgan fingerprint density at radius 2 is 2.00 bits per heavy atom. The third kappa shape index (κ3) is 3.08. The Morgan fingerprint density at radius 1 is 1.24 bits per heavy atom. The van der Waals surface area contributed by atoms with Crippen LogP contribution in [-0.2, 0) is 19.1 Å². The van der Waals surface area contributed by atoms with E-state index in [-0.39, 0.29) is 25.6 Å². The lowest BCUT2D eigenvalue weighted by Gasteiger charge is -2.36. The molecule has 2 amide bonds. The molecule has 0 aromatic heterocycles. The number of carboxylic acids is 1. The van der Waals surface area contributed by atoms with Crippen LogP contribution in [0.1, 0.15) is 12.8 Å². The van der Waals surface area contributed by atoms with E-state index in [1.54, 1.807) is 11.0 Å². The normalized spacial score (nSPS) is 30.0. The number of aliphatic hydroxyl groups is 1. The molecule has 5 atom stereocenters. The number of anilines is 1. The lowest BCUT2D eigenvalue weighted by molar-refractivity contribution is -0.149. The summed E-state index contributed by atoms with van der Waals surface area (Å²) in [5.74, 6) is -3.81. The van der Waals surface area contributed by atoms with Crippen molar-refractivity contribution in [3.8, 4) is 0 Å². The highest BCUT2D eigenvalue weighted by Crippen LogP contribution is 2.58. The van der Waals surface area contributed by atoms with E-state index in [0.29, 0.717) is 18.5 Å². The summed E-state index contributed by atoms with van der Waals surface area (Å²) in [4.78, 5) is 42.3. The van der Waals surface area contributed by atoms with Gasteiger partial charge in [-0.1, -0.05) is 36.4 Å². The van der Waals surface area contributed by atoms with Crippen molar-refractivity contribution in [1.29, 1.82) is 0 Å². The van der Waals surface area contributed by atoms with Crippen LogP contribution >= 0.6 is 0 Å². The summed E-state index contributed by atoms with van der Waals surface area (Å²) < 4.78 is 6.17. The zero-order valence-corrected chi connectivity index (χ0v) is 18.1. The summed E-state index contributed by atoms with van der Waals surface area (Å²) in [6.07, 6.45) is 1.93. The molecule has 3 fully saturated rings. The second kappa shape index (κ2) is 7.97. The first-order valence-corrected chi connectivity index (χ1v) is 11.2. The van der Waals surface area contributed by atoms with Crippen LogP contribution in [0.5, 0.6) is 0 Å². The first-order valence-electron chi connectivity index (χ1n) is 11.2. The molecule has 3 heterocycles. The van der Waals surface area contributed by atoms with Gasteiger partial charge >= 0.3 is 5.97 Å². The maximum Gasteiger partial charge on any atom is 0.310 e. The number of ether oxygens (including phenoxy) is 1. The van der Waals surface area contributed by atoms with Crippen LogP contribution in [0.3, 0.4) is 0 Å². The molecule has 2 N–H and O–H groups in total. The SMILES string of the molecule is C=CCN(C(=O)C1N(CCO)C(=O)[C@@H]2[C@@H](C(=O)O)[C@H]3CCC12O3)c1ccc2ccccc2c1. The summed E-state index contributed by atoms with van der Waals surface area (Å²) in [6, 6.07) is 12.5. The maximum absolute atomic E-state index is 14.1. The molecule has 172 valence electrons. The van der Waals surface area contributed by atoms with Crippen molar-refractivity contribution < 1.29 is 29.3 Å². The number of aliphatic hydroxyl groups excluding tert-OH is 1. The van der Waals surface area contributed by atoms with Crippen LogP contribution in [0.15, 0.2) is 55.1 Å².